The van der Waals surface area contributed by atoms with Crippen molar-refractivity contribution in [3.63, 3.8) is 0 Å². The van der Waals surface area contributed by atoms with Crippen LogP contribution in [0.1, 0.15) is 31.5 Å². The molecule has 1 N–H and O–H groups in total. The zero-order chi connectivity index (χ0) is 12.3. The molecule has 1 aromatic heterocycles. The fourth-order valence-corrected chi connectivity index (χ4v) is 2.68. The van der Waals surface area contributed by atoms with Crippen LogP contribution in [0.5, 0.6) is 0 Å². The molecule has 2 atom stereocenters. The number of hydrogen-bond acceptors (Lipinski definition) is 3. The van der Waals surface area contributed by atoms with Gasteiger partial charge in [0.05, 0.1) is 6.10 Å². The van der Waals surface area contributed by atoms with Crippen LogP contribution in [0.3, 0.4) is 0 Å². The minimum absolute atomic E-state index is 0.141. The van der Waals surface area contributed by atoms with Gasteiger partial charge in [-0.15, -0.1) is 0 Å². The Kier molecular flexibility index (Phi) is 4.18. The summed E-state index contributed by atoms with van der Waals surface area (Å²) in [6, 6.07) is 0.340. The number of aryl methyl sites for hydroxylation is 1. The molecule has 1 heterocycles. The third-order valence-corrected chi connectivity index (χ3v) is 3.88. The van der Waals surface area contributed by atoms with Crippen molar-refractivity contribution in [1.29, 1.82) is 0 Å². The maximum atomic E-state index is 9.99. The SMILES string of the molecule is Cc1nccn1CCN(C)C1CCCCC1O. The van der Waals surface area contributed by atoms with Gasteiger partial charge in [-0.1, -0.05) is 12.8 Å². The number of imidazole rings is 1. The van der Waals surface area contributed by atoms with Crippen LogP contribution in [0.15, 0.2) is 12.4 Å². The van der Waals surface area contributed by atoms with Gasteiger partial charge in [0.1, 0.15) is 5.82 Å². The Hall–Kier alpha value is -0.870. The molecule has 0 aromatic carbocycles. The van der Waals surface area contributed by atoms with Gasteiger partial charge in [-0.3, -0.25) is 4.90 Å². The molecule has 96 valence electrons. The molecule has 1 aromatic rings. The average Bonchev–Trinajstić information content (AvgIpc) is 2.72. The van der Waals surface area contributed by atoms with Crippen LogP contribution in [0, 0.1) is 6.92 Å². The van der Waals surface area contributed by atoms with Crippen LogP contribution in [0.25, 0.3) is 0 Å². The van der Waals surface area contributed by atoms with Crippen molar-refractivity contribution >= 4 is 0 Å². The second kappa shape index (κ2) is 5.65. The van der Waals surface area contributed by atoms with E-state index in [1.54, 1.807) is 0 Å². The summed E-state index contributed by atoms with van der Waals surface area (Å²) in [7, 11) is 2.12. The largest absolute Gasteiger partial charge is 0.391 e. The molecule has 0 radical (unpaired) electrons. The van der Waals surface area contributed by atoms with Crippen molar-refractivity contribution in [2.24, 2.45) is 0 Å². The number of aliphatic hydroxyl groups is 1. The fraction of sp³-hybridized carbons (Fsp3) is 0.769. The topological polar surface area (TPSA) is 41.3 Å². The first-order valence-corrected chi connectivity index (χ1v) is 6.54. The van der Waals surface area contributed by atoms with Gasteiger partial charge >= 0.3 is 0 Å². The monoisotopic (exact) mass is 237 g/mol. The van der Waals surface area contributed by atoms with E-state index in [1.165, 1.54) is 12.8 Å². The molecule has 2 unspecified atom stereocenters. The van der Waals surface area contributed by atoms with Crippen molar-refractivity contribution in [2.75, 3.05) is 13.6 Å². The summed E-state index contributed by atoms with van der Waals surface area (Å²) in [4.78, 5) is 6.51. The maximum absolute atomic E-state index is 9.99. The number of aliphatic hydroxyl groups excluding tert-OH is 1. The molecule has 0 aliphatic heterocycles. The van der Waals surface area contributed by atoms with Gasteiger partial charge in [0.15, 0.2) is 0 Å². The average molecular weight is 237 g/mol. The molecular formula is C13H23N3O. The minimum Gasteiger partial charge on any atom is -0.391 e. The van der Waals surface area contributed by atoms with Gasteiger partial charge in [0, 0.05) is 31.5 Å². The maximum Gasteiger partial charge on any atom is 0.105 e. The van der Waals surface area contributed by atoms with Crippen LogP contribution in [0.4, 0.5) is 0 Å². The van der Waals surface area contributed by atoms with Crippen molar-refractivity contribution in [1.82, 2.24) is 14.5 Å². The third kappa shape index (κ3) is 3.07. The van der Waals surface area contributed by atoms with Gasteiger partial charge < -0.3 is 9.67 Å². The lowest BCUT2D eigenvalue weighted by atomic mass is 9.91. The lowest BCUT2D eigenvalue weighted by Crippen LogP contribution is -2.44. The summed E-state index contributed by atoms with van der Waals surface area (Å²) in [5.41, 5.74) is 0. The highest BCUT2D eigenvalue weighted by Gasteiger charge is 2.26. The molecule has 1 saturated carbocycles. The van der Waals surface area contributed by atoms with Crippen LogP contribution in [0.2, 0.25) is 0 Å². The normalized spacial score (nSPS) is 25.4. The quantitative estimate of drug-likeness (QED) is 0.861. The lowest BCUT2D eigenvalue weighted by molar-refractivity contribution is 0.0308. The molecule has 17 heavy (non-hydrogen) atoms. The first kappa shape index (κ1) is 12.6. The molecule has 0 bridgehead atoms. The summed E-state index contributed by atoms with van der Waals surface area (Å²) in [6.45, 7) is 3.94. The van der Waals surface area contributed by atoms with E-state index in [0.29, 0.717) is 6.04 Å². The summed E-state index contributed by atoms with van der Waals surface area (Å²) in [6.07, 6.45) is 8.21. The van der Waals surface area contributed by atoms with Crippen molar-refractivity contribution in [3.8, 4) is 0 Å². The van der Waals surface area contributed by atoms with Crippen LogP contribution >= 0.6 is 0 Å². The van der Waals surface area contributed by atoms with E-state index in [4.69, 9.17) is 0 Å². The Balaban J connectivity index is 1.84. The zero-order valence-electron chi connectivity index (χ0n) is 10.8. The Morgan fingerprint density at radius 2 is 2.24 bits per heavy atom. The fourth-order valence-electron chi connectivity index (χ4n) is 2.68. The molecule has 1 aliphatic carbocycles. The summed E-state index contributed by atoms with van der Waals surface area (Å²) < 4.78 is 2.16. The molecule has 4 heteroatoms. The number of nitrogens with zero attached hydrogens (tertiary/aromatic N) is 3. The first-order chi connectivity index (χ1) is 8.18. The van der Waals surface area contributed by atoms with E-state index in [-0.39, 0.29) is 6.10 Å². The van der Waals surface area contributed by atoms with Gasteiger partial charge in [0.25, 0.3) is 0 Å². The Morgan fingerprint density at radius 1 is 1.47 bits per heavy atom. The number of hydrogen-bond donors (Lipinski definition) is 1. The second-order valence-corrected chi connectivity index (χ2v) is 5.07. The number of rotatable bonds is 4. The van der Waals surface area contributed by atoms with Gasteiger partial charge in [0.2, 0.25) is 0 Å². The molecule has 2 rings (SSSR count). The summed E-state index contributed by atoms with van der Waals surface area (Å²) in [5.74, 6) is 1.06. The van der Waals surface area contributed by atoms with Crippen LogP contribution < -0.4 is 0 Å². The van der Waals surface area contributed by atoms with Crippen LogP contribution in [-0.2, 0) is 6.54 Å². The van der Waals surface area contributed by atoms with Crippen molar-refractivity contribution in [2.45, 2.75) is 51.3 Å². The first-order valence-electron chi connectivity index (χ1n) is 6.54. The summed E-state index contributed by atoms with van der Waals surface area (Å²) >= 11 is 0. The number of likely N-dealkylation sites (N-methyl/N-ethyl adjacent to an activating group) is 1. The van der Waals surface area contributed by atoms with E-state index in [0.717, 1.165) is 31.8 Å². The van der Waals surface area contributed by atoms with E-state index in [9.17, 15) is 5.11 Å². The minimum atomic E-state index is -0.141. The smallest absolute Gasteiger partial charge is 0.105 e. The lowest BCUT2D eigenvalue weighted by Gasteiger charge is -2.35. The molecule has 0 saturated heterocycles. The second-order valence-electron chi connectivity index (χ2n) is 5.07. The van der Waals surface area contributed by atoms with Gasteiger partial charge in [-0.05, 0) is 26.8 Å². The molecule has 0 amide bonds. The van der Waals surface area contributed by atoms with E-state index < -0.39 is 0 Å². The van der Waals surface area contributed by atoms with E-state index >= 15 is 0 Å². The highest BCUT2D eigenvalue weighted by molar-refractivity contribution is 4.89. The van der Waals surface area contributed by atoms with Crippen molar-refractivity contribution < 1.29 is 5.11 Å². The van der Waals surface area contributed by atoms with E-state index in [1.807, 2.05) is 19.3 Å². The summed E-state index contributed by atoms with van der Waals surface area (Å²) in [5, 5.41) is 9.99. The molecule has 1 aliphatic rings. The van der Waals surface area contributed by atoms with E-state index in [2.05, 4.69) is 21.5 Å². The Labute approximate surface area is 103 Å². The highest BCUT2D eigenvalue weighted by Crippen LogP contribution is 2.22. The predicted molar refractivity (Wildman–Crippen MR) is 67.9 cm³/mol. The standard InChI is InChI=1S/C13H23N3O/c1-11-14-7-8-16(11)10-9-15(2)12-5-3-4-6-13(12)17/h7-8,12-13,17H,3-6,9-10H2,1-2H3. The molecular weight excluding hydrogens is 214 g/mol. The highest BCUT2D eigenvalue weighted by atomic mass is 16.3. The van der Waals surface area contributed by atoms with Gasteiger partial charge in [-0.2, -0.15) is 0 Å². The third-order valence-electron chi connectivity index (χ3n) is 3.88. The van der Waals surface area contributed by atoms with Crippen LogP contribution in [-0.4, -0.2) is 45.3 Å². The number of aromatic nitrogens is 2. The predicted octanol–water partition coefficient (Wildman–Crippen LogP) is 1.43. The Morgan fingerprint density at radius 3 is 2.88 bits per heavy atom. The Bertz CT molecular complexity index is 350. The molecule has 0 spiro atoms. The zero-order valence-corrected chi connectivity index (χ0v) is 10.8. The molecule has 4 nitrogen and oxygen atoms in total. The van der Waals surface area contributed by atoms with Crippen molar-refractivity contribution in [3.05, 3.63) is 18.2 Å². The van der Waals surface area contributed by atoms with Gasteiger partial charge in [-0.25, -0.2) is 4.98 Å². The molecule has 1 fully saturated rings.